The van der Waals surface area contributed by atoms with Crippen LogP contribution in [0.3, 0.4) is 0 Å². The van der Waals surface area contributed by atoms with Crippen molar-refractivity contribution in [3.63, 3.8) is 0 Å². The Morgan fingerprint density at radius 3 is 2.68 bits per heavy atom. The van der Waals surface area contributed by atoms with Crippen LogP contribution in [0.1, 0.15) is 13.8 Å². The highest BCUT2D eigenvalue weighted by molar-refractivity contribution is 8.00. The van der Waals surface area contributed by atoms with Gasteiger partial charge in [0, 0.05) is 17.6 Å². The topological polar surface area (TPSA) is 124 Å². The molecular weight excluding hydrogens is 368 g/mol. The Morgan fingerprint density at radius 2 is 2.08 bits per heavy atom. The lowest BCUT2D eigenvalue weighted by molar-refractivity contribution is -0.115. The summed E-state index contributed by atoms with van der Waals surface area (Å²) in [4.78, 5) is 41.2. The smallest absolute Gasteiger partial charge is 0.279 e. The average Bonchev–Trinajstić information content (AvgIpc) is 2.50. The fourth-order valence-electron chi connectivity index (χ4n) is 1.82. The van der Waals surface area contributed by atoms with Crippen molar-refractivity contribution in [2.24, 2.45) is 0 Å². The Kier molecular flexibility index (Phi) is 6.05. The normalized spacial score (nSPS) is 11.6. The van der Waals surface area contributed by atoms with Gasteiger partial charge in [0.15, 0.2) is 10.8 Å². The fraction of sp³-hybridized carbons (Fsp3) is 0.200. The molecule has 25 heavy (non-hydrogen) atoms. The van der Waals surface area contributed by atoms with Gasteiger partial charge in [-0.1, -0.05) is 29.4 Å². The molecule has 2 aromatic rings. The molecule has 0 radical (unpaired) electrons. The summed E-state index contributed by atoms with van der Waals surface area (Å²) < 4.78 is 0. The van der Waals surface area contributed by atoms with Gasteiger partial charge in [-0.05, 0) is 25.1 Å². The molecule has 0 aliphatic carbocycles. The summed E-state index contributed by atoms with van der Waals surface area (Å²) >= 11 is 6.81. The SMILES string of the molecule is CC(=O)Nc1c(O)nc(S[C@H](C)C(=O)Nc2cccc(Cl)c2)[nH]c1=O. The van der Waals surface area contributed by atoms with Crippen LogP contribution in [0.2, 0.25) is 5.02 Å². The van der Waals surface area contributed by atoms with E-state index in [1.54, 1.807) is 31.2 Å². The number of thioether (sulfide) groups is 1. The van der Waals surface area contributed by atoms with Crippen molar-refractivity contribution < 1.29 is 14.7 Å². The maximum Gasteiger partial charge on any atom is 0.279 e. The molecule has 2 rings (SSSR count). The number of nitrogens with one attached hydrogen (secondary N) is 3. The first-order chi connectivity index (χ1) is 11.8. The largest absolute Gasteiger partial charge is 0.492 e. The van der Waals surface area contributed by atoms with Crippen molar-refractivity contribution in [1.29, 1.82) is 0 Å². The molecule has 2 amide bonds. The van der Waals surface area contributed by atoms with E-state index in [1.165, 1.54) is 6.92 Å². The molecule has 4 N–H and O–H groups in total. The molecule has 0 unspecified atom stereocenters. The Labute approximate surface area is 152 Å². The first-order valence-electron chi connectivity index (χ1n) is 7.10. The summed E-state index contributed by atoms with van der Waals surface area (Å²) in [5.41, 5.74) is -0.518. The van der Waals surface area contributed by atoms with E-state index in [9.17, 15) is 19.5 Å². The number of carbonyl (C=O) groups excluding carboxylic acids is 2. The molecule has 0 bridgehead atoms. The Balaban J connectivity index is 2.09. The van der Waals surface area contributed by atoms with E-state index in [1.807, 2.05) is 0 Å². The zero-order chi connectivity index (χ0) is 18.6. The quantitative estimate of drug-likeness (QED) is 0.464. The molecule has 0 saturated heterocycles. The number of aromatic amines is 1. The minimum absolute atomic E-state index is 0.0466. The van der Waals surface area contributed by atoms with Gasteiger partial charge in [0.25, 0.3) is 5.56 Å². The van der Waals surface area contributed by atoms with E-state index in [0.29, 0.717) is 10.7 Å². The van der Waals surface area contributed by atoms with Crippen molar-refractivity contribution in [1.82, 2.24) is 9.97 Å². The van der Waals surface area contributed by atoms with Crippen LogP contribution in [-0.4, -0.2) is 32.1 Å². The second kappa shape index (κ2) is 8.04. The van der Waals surface area contributed by atoms with Gasteiger partial charge in [0.2, 0.25) is 17.7 Å². The molecule has 0 spiro atoms. The van der Waals surface area contributed by atoms with Crippen molar-refractivity contribution in [2.45, 2.75) is 24.3 Å². The number of anilines is 2. The molecule has 0 fully saturated rings. The fourth-order valence-corrected chi connectivity index (χ4v) is 2.80. The number of rotatable bonds is 5. The van der Waals surface area contributed by atoms with E-state index < -0.39 is 22.6 Å². The summed E-state index contributed by atoms with van der Waals surface area (Å²) in [6.45, 7) is 2.81. The van der Waals surface area contributed by atoms with E-state index >= 15 is 0 Å². The first-order valence-corrected chi connectivity index (χ1v) is 8.36. The van der Waals surface area contributed by atoms with Crippen LogP contribution >= 0.6 is 23.4 Å². The Bertz CT molecular complexity index is 871. The number of aromatic nitrogens is 2. The van der Waals surface area contributed by atoms with Crippen molar-refractivity contribution in [3.8, 4) is 5.88 Å². The van der Waals surface area contributed by atoms with Crippen LogP contribution in [0.25, 0.3) is 0 Å². The molecule has 1 atom stereocenters. The first kappa shape index (κ1) is 18.8. The lowest BCUT2D eigenvalue weighted by Crippen LogP contribution is -2.24. The van der Waals surface area contributed by atoms with Gasteiger partial charge >= 0.3 is 0 Å². The number of hydrogen-bond acceptors (Lipinski definition) is 6. The number of carbonyl (C=O) groups is 2. The molecule has 1 aromatic carbocycles. The van der Waals surface area contributed by atoms with E-state index in [0.717, 1.165) is 11.8 Å². The molecule has 1 heterocycles. The maximum absolute atomic E-state index is 12.2. The summed E-state index contributed by atoms with van der Waals surface area (Å²) in [6, 6.07) is 6.68. The minimum atomic E-state index is -0.715. The lowest BCUT2D eigenvalue weighted by Gasteiger charge is -2.12. The Morgan fingerprint density at radius 1 is 1.36 bits per heavy atom. The highest BCUT2D eigenvalue weighted by Gasteiger charge is 2.18. The van der Waals surface area contributed by atoms with Crippen molar-refractivity contribution in [2.75, 3.05) is 10.6 Å². The number of aromatic hydroxyl groups is 1. The van der Waals surface area contributed by atoms with E-state index in [2.05, 4.69) is 20.6 Å². The minimum Gasteiger partial charge on any atom is -0.492 e. The van der Waals surface area contributed by atoms with Gasteiger partial charge in [0.05, 0.1) is 5.25 Å². The third kappa shape index (κ3) is 5.23. The number of nitrogens with zero attached hydrogens (tertiary/aromatic N) is 1. The van der Waals surface area contributed by atoms with Crippen molar-refractivity contribution >= 4 is 46.6 Å². The number of H-pyrrole nitrogens is 1. The molecule has 8 nitrogen and oxygen atoms in total. The summed E-state index contributed by atoms with van der Waals surface area (Å²) in [5, 5.41) is 14.6. The molecule has 0 aliphatic rings. The highest BCUT2D eigenvalue weighted by Crippen LogP contribution is 2.24. The molecule has 0 aliphatic heterocycles. The van der Waals surface area contributed by atoms with E-state index in [4.69, 9.17) is 11.6 Å². The van der Waals surface area contributed by atoms with Gasteiger partial charge in [-0.25, -0.2) is 0 Å². The zero-order valence-corrected chi connectivity index (χ0v) is 14.9. The molecule has 1 aromatic heterocycles. The number of amides is 2. The average molecular weight is 383 g/mol. The second-order valence-electron chi connectivity index (χ2n) is 5.01. The highest BCUT2D eigenvalue weighted by atomic mass is 35.5. The van der Waals surface area contributed by atoms with Crippen molar-refractivity contribution in [3.05, 3.63) is 39.6 Å². The summed E-state index contributed by atoms with van der Waals surface area (Å²) in [7, 11) is 0. The summed E-state index contributed by atoms with van der Waals surface area (Å²) in [6.07, 6.45) is 0. The predicted molar refractivity (Wildman–Crippen MR) is 96.2 cm³/mol. The standard InChI is InChI=1S/C15H15ClN4O4S/c1-7(12(22)18-10-5-3-4-9(16)6-10)25-15-19-13(23)11(14(24)20-15)17-8(2)21/h3-7H,1-2H3,(H,17,21)(H,18,22)(H2,19,20,23,24)/t7-/m1/s1. The van der Waals surface area contributed by atoms with Gasteiger partial charge in [-0.3, -0.25) is 19.4 Å². The summed E-state index contributed by atoms with van der Waals surface area (Å²) in [5.74, 6) is -1.47. The van der Waals surface area contributed by atoms with Crippen LogP contribution < -0.4 is 16.2 Å². The number of hydrogen-bond donors (Lipinski definition) is 4. The van der Waals surface area contributed by atoms with Gasteiger partial charge in [0.1, 0.15) is 0 Å². The van der Waals surface area contributed by atoms with Crippen LogP contribution in [0.4, 0.5) is 11.4 Å². The number of benzene rings is 1. The van der Waals surface area contributed by atoms with Gasteiger partial charge in [-0.2, -0.15) is 4.98 Å². The molecule has 0 saturated carbocycles. The van der Waals surface area contributed by atoms with Gasteiger partial charge in [-0.15, -0.1) is 0 Å². The second-order valence-corrected chi connectivity index (χ2v) is 6.78. The van der Waals surface area contributed by atoms with Crippen LogP contribution in [-0.2, 0) is 9.59 Å². The Hall–Kier alpha value is -2.52. The lowest BCUT2D eigenvalue weighted by atomic mass is 10.3. The van der Waals surface area contributed by atoms with Crippen LogP contribution in [0, 0.1) is 0 Å². The third-order valence-electron chi connectivity index (χ3n) is 2.93. The molecule has 132 valence electrons. The van der Waals surface area contributed by atoms with Crippen LogP contribution in [0.15, 0.2) is 34.2 Å². The molecular formula is C15H15ClN4O4S. The monoisotopic (exact) mass is 382 g/mol. The predicted octanol–water partition coefficient (Wildman–Crippen LogP) is 2.21. The number of halogens is 1. The van der Waals surface area contributed by atoms with Crippen LogP contribution in [0.5, 0.6) is 5.88 Å². The van der Waals surface area contributed by atoms with Gasteiger partial charge < -0.3 is 15.7 Å². The molecule has 10 heteroatoms. The van der Waals surface area contributed by atoms with E-state index in [-0.39, 0.29) is 16.8 Å². The third-order valence-corrected chi connectivity index (χ3v) is 4.15. The zero-order valence-electron chi connectivity index (χ0n) is 13.3. The maximum atomic E-state index is 12.2.